The van der Waals surface area contributed by atoms with Gasteiger partial charge in [-0.15, -0.1) is 0 Å². The second-order valence-corrected chi connectivity index (χ2v) is 60.6. The maximum Gasteiger partial charge on any atom is 0.214 e. The largest absolute Gasteiger partial charge is 0.214 e. The van der Waals surface area contributed by atoms with Gasteiger partial charge in [0.05, 0.1) is 33.4 Å². The van der Waals surface area contributed by atoms with E-state index in [-0.39, 0.29) is 12.6 Å². The fourth-order valence-corrected chi connectivity index (χ4v) is 33.0. The van der Waals surface area contributed by atoms with Crippen molar-refractivity contribution in [3.63, 3.8) is 0 Å². The van der Waals surface area contributed by atoms with Crippen LogP contribution in [-0.4, -0.2) is 139 Å². The Morgan fingerprint density at radius 1 is 0.171 bits per heavy atom. The molecule has 117 heavy (non-hydrogen) atoms. The molecule has 0 fully saturated rings. The molecule has 0 unspecified atom stereocenters. The third-order valence-electron chi connectivity index (χ3n) is 29.4. The van der Waals surface area contributed by atoms with Crippen molar-refractivity contribution in [3.8, 4) is 22.3 Å². The Morgan fingerprint density at radius 3 is 0.624 bits per heavy atom. The molecule has 0 radical (unpaired) electrons. The molecule has 0 spiro atoms. The molecule has 2 nitrogen and oxygen atoms in total. The zero-order valence-electron chi connectivity index (χ0n) is 66.9. The van der Waals surface area contributed by atoms with Gasteiger partial charge in [-0.1, -0.05) is 397 Å². The number of fused-ring (bicyclic) bond motifs is 17. The van der Waals surface area contributed by atoms with Crippen molar-refractivity contribution in [2.45, 2.75) is 34.2 Å². The molecule has 8 aliphatic carbocycles. The molecule has 0 bridgehead atoms. The normalized spacial score (nSPS) is 18.1. The number of hydrogen-bond acceptors (Lipinski definition) is 3. The summed E-state index contributed by atoms with van der Waals surface area (Å²) in [5.41, 5.74) is 50.0. The fourth-order valence-electron chi connectivity index (χ4n) is 24.9. The number of nitrogens with zero attached hydrogens (tertiary/aromatic N) is 2. The maximum absolute atomic E-state index is 5.38. The van der Waals surface area contributed by atoms with Gasteiger partial charge >= 0.3 is 0 Å². The number of allylic oxidation sites excluding steroid dienone is 8. The molecule has 1 aromatic heterocycles. The zero-order valence-corrected chi connectivity index (χ0v) is 83.8. The van der Waals surface area contributed by atoms with E-state index >= 15 is 0 Å². The number of benzene rings is 15. The number of hydrogen-bond donors (Lipinski definition) is 0. The lowest BCUT2D eigenvalue weighted by Crippen LogP contribution is -2.32. The molecule has 0 amide bonds. The summed E-state index contributed by atoms with van der Waals surface area (Å²) in [6, 6.07) is 143. The van der Waals surface area contributed by atoms with Crippen molar-refractivity contribution in [2.75, 3.05) is 0 Å². The van der Waals surface area contributed by atoms with E-state index in [0.717, 1.165) is 152 Å². The molecule has 540 valence electrons. The third kappa shape index (κ3) is 9.28. The maximum atomic E-state index is 5.38. The molecule has 8 aliphatic rings. The van der Waals surface area contributed by atoms with Crippen LogP contribution in [0.2, 0.25) is 0 Å². The van der Waals surface area contributed by atoms with Crippen molar-refractivity contribution in [3.05, 3.63) is 498 Å². The van der Waals surface area contributed by atoms with Gasteiger partial charge in [0.25, 0.3) is 0 Å². The SMILES string of the molecule is [AlH2][C]1([AlH2])C2=C(c3ccccc31)C(c1ccccc1)(c1ccccc1)c1cc3c(cc12)C(c1ccccc1)(c1ccccc1)C1=C3[C]([AlH2])([AlH2])c2cc(-c3ccc(-c4ccc5c(c4)[C]([AlH2])([AlH2])C4=C5C(c5ccccc5)(c5ccccc5)c5cc6c(cc54)C(c4ccccc4)(c4ccccc4)C4=C6[C]([AlH2])([AlH2])c5ccccc54)c4nsnc34)ccc21. The van der Waals surface area contributed by atoms with E-state index in [0.29, 0.717) is 0 Å². The van der Waals surface area contributed by atoms with Gasteiger partial charge in [-0.2, -0.15) is 8.75 Å². The Bertz CT molecular complexity index is 6570. The minimum absolute atomic E-state index is 0.00260. The molecular formula is C106H76Al8N2S. The number of aromatic nitrogens is 2. The average molecular weight is 1630 g/mol. The minimum atomic E-state index is -0.612. The lowest BCUT2D eigenvalue weighted by Gasteiger charge is -2.39. The first-order valence-corrected chi connectivity index (χ1v) is 50.4. The van der Waals surface area contributed by atoms with Crippen LogP contribution in [0.5, 0.6) is 0 Å². The molecule has 0 aliphatic heterocycles. The van der Waals surface area contributed by atoms with E-state index in [1.807, 2.05) is 0 Å². The average Bonchev–Trinajstić information content (AvgIpc) is 1.48. The van der Waals surface area contributed by atoms with E-state index in [2.05, 4.69) is 364 Å². The fraction of sp³-hybridized carbons (Fsp3) is 0.0755. The van der Waals surface area contributed by atoms with Crippen LogP contribution in [0, 0.1) is 0 Å². The second-order valence-electron chi connectivity index (χ2n) is 36.0. The van der Waals surface area contributed by atoms with Crippen LogP contribution < -0.4 is 0 Å². The van der Waals surface area contributed by atoms with Crippen LogP contribution in [0.25, 0.3) is 77.9 Å². The molecule has 0 saturated heterocycles. The molecule has 0 N–H and O–H groups in total. The molecule has 24 rings (SSSR count). The summed E-state index contributed by atoms with van der Waals surface area (Å²) in [6.45, 7) is 0. The highest BCUT2D eigenvalue weighted by Crippen LogP contribution is 2.74. The van der Waals surface area contributed by atoms with Gasteiger partial charge in [-0.05, 0) is 169 Å². The highest BCUT2D eigenvalue weighted by Gasteiger charge is 2.63. The predicted molar refractivity (Wildman–Crippen MR) is 507 cm³/mol. The Labute approximate surface area is 752 Å². The van der Waals surface area contributed by atoms with Gasteiger partial charge in [-0.3, -0.25) is 0 Å². The van der Waals surface area contributed by atoms with Gasteiger partial charge in [0.15, 0.2) is 0 Å². The van der Waals surface area contributed by atoms with Crippen molar-refractivity contribution in [1.82, 2.24) is 8.75 Å². The molecule has 16 aromatic rings. The van der Waals surface area contributed by atoms with Gasteiger partial charge < -0.3 is 0 Å². The zero-order chi connectivity index (χ0) is 78.5. The van der Waals surface area contributed by atoms with Crippen molar-refractivity contribution >= 4 is 198 Å². The molecule has 1 heterocycles. The Hall–Kier alpha value is -8.66. The van der Waals surface area contributed by atoms with Crippen LogP contribution in [0.15, 0.2) is 364 Å². The third-order valence-corrected chi connectivity index (χ3v) is 38.2. The summed E-state index contributed by atoms with van der Waals surface area (Å²) in [5, 5.41) is 0. The monoisotopic (exact) mass is 1620 g/mol. The Balaban J connectivity index is 0.672. The highest BCUT2D eigenvalue weighted by atomic mass is 32.1. The van der Waals surface area contributed by atoms with Gasteiger partial charge in [0, 0.05) is 11.1 Å². The first-order valence-electron chi connectivity index (χ1n) is 41.7. The summed E-state index contributed by atoms with van der Waals surface area (Å²) < 4.78 is 10.4. The van der Waals surface area contributed by atoms with E-state index in [1.165, 1.54) is 190 Å². The van der Waals surface area contributed by atoms with Crippen molar-refractivity contribution < 1.29 is 0 Å². The lowest BCUT2D eigenvalue weighted by atomic mass is 9.63. The summed E-state index contributed by atoms with van der Waals surface area (Å²) in [6.07, 6.45) is 0. The van der Waals surface area contributed by atoms with E-state index in [9.17, 15) is 0 Å². The van der Waals surface area contributed by atoms with Gasteiger partial charge in [0.1, 0.15) is 11.0 Å². The first-order chi connectivity index (χ1) is 57.1. The van der Waals surface area contributed by atoms with E-state index in [4.69, 9.17) is 8.75 Å². The lowest BCUT2D eigenvalue weighted by molar-refractivity contribution is 0.795. The van der Waals surface area contributed by atoms with E-state index in [1.54, 1.807) is 11.1 Å². The summed E-state index contributed by atoms with van der Waals surface area (Å²) in [5.74, 6) is 0. The molecule has 11 heteroatoms. The van der Waals surface area contributed by atoms with Crippen LogP contribution in [0.3, 0.4) is 0 Å². The Kier molecular flexibility index (Phi) is 16.0. The second kappa shape index (κ2) is 25.9. The topological polar surface area (TPSA) is 25.8 Å². The summed E-state index contributed by atoms with van der Waals surface area (Å²) in [7, 11) is 0. The molecular weight excluding hydrogens is 1550 g/mol. The first kappa shape index (κ1) is 72.4. The quantitative estimate of drug-likeness (QED) is 0.128. The Morgan fingerprint density at radius 2 is 0.376 bits per heavy atom. The molecule has 0 atom stereocenters. The molecule has 0 saturated carbocycles. The predicted octanol–water partition coefficient (Wildman–Crippen LogP) is 15.8. The van der Waals surface area contributed by atoms with Crippen LogP contribution in [-0.2, 0) is 34.2 Å². The van der Waals surface area contributed by atoms with Gasteiger partial charge in [0.2, 0.25) is 130 Å². The molecule has 15 aromatic carbocycles. The van der Waals surface area contributed by atoms with Crippen LogP contribution in [0.1, 0.15) is 134 Å². The summed E-state index contributed by atoms with van der Waals surface area (Å²) in [4.78, 5) is 0. The standard InChI is InChI=1S/C106H60N2S.8Al.16H/c1-9-31-71(32-10-1)103(72-33-11-2-12-34-72)93-63-87-91-59-69-55-67(49-51-81(69)99(91)105(75-39-17-5-18-40-75,76-41-19-6-20-42-76)95(87)61-85(93)89-57-65-29-25-27-47-79(65)97(89)103)83-53-54-84(102-101(83)107-109-108-102)68-50-52-82-70(56-68)60-92-88-64-94-86(62-96(88)106(100(82)92,77-43-21-7-22-44-77)78-45-23-8-24-46-78)90-58-66-30-26-28-48-80(66)98(90)104(94,73-35-13-3-14-36-73)74-37-15-4-16-38-74;;;;;;;;;;;;;;;;;;;;;;;;/h1-56,61-64H;;;;;;;;;;;;;;;;;;;;;;;;. The smallest absolute Gasteiger partial charge is 0.172 e. The van der Waals surface area contributed by atoms with Crippen LogP contribution in [0.4, 0.5) is 0 Å². The highest BCUT2D eigenvalue weighted by molar-refractivity contribution is 7.00. The van der Waals surface area contributed by atoms with Crippen LogP contribution >= 0.6 is 11.7 Å². The van der Waals surface area contributed by atoms with Crippen molar-refractivity contribution in [1.29, 1.82) is 0 Å². The van der Waals surface area contributed by atoms with Crippen molar-refractivity contribution in [2.24, 2.45) is 0 Å². The van der Waals surface area contributed by atoms with Gasteiger partial charge in [-0.25, -0.2) is 0 Å². The minimum Gasteiger partial charge on any atom is -0.172 e. The number of rotatable bonds is 10. The van der Waals surface area contributed by atoms with E-state index < -0.39 is 21.7 Å². The summed E-state index contributed by atoms with van der Waals surface area (Å²) >= 11 is 9.08.